The fraction of sp³-hybridized carbons (Fsp3) is 0.316. The van der Waals surface area contributed by atoms with Crippen molar-refractivity contribution in [3.63, 3.8) is 0 Å². The van der Waals surface area contributed by atoms with Gasteiger partial charge in [0.25, 0.3) is 0 Å². The molecule has 1 amide bonds. The van der Waals surface area contributed by atoms with Gasteiger partial charge in [0, 0.05) is 18.2 Å². The van der Waals surface area contributed by atoms with E-state index >= 15 is 0 Å². The number of amides is 1. The van der Waals surface area contributed by atoms with Crippen LogP contribution < -0.4 is 5.32 Å². The molecule has 1 aliphatic carbocycles. The number of likely N-dealkylation sites (N-methyl/N-ethyl adjacent to an activating group) is 1. The van der Waals surface area contributed by atoms with Crippen molar-refractivity contribution < 1.29 is 9.18 Å². The molecule has 3 rings (SSSR count). The number of benzene rings is 2. The maximum atomic E-state index is 13.9. The standard InChI is InChI=1S/C19H21FN2O/c1-22(13-15-9-5-6-10-17(15)20)18(14-7-3-2-4-8-14)19(23)21-16-11-12-16/h2-10,16,18H,11-13H2,1H3,(H,21,23). The topological polar surface area (TPSA) is 32.3 Å². The molecule has 1 atom stereocenters. The molecule has 23 heavy (non-hydrogen) atoms. The highest BCUT2D eigenvalue weighted by Crippen LogP contribution is 2.25. The molecule has 0 radical (unpaired) electrons. The lowest BCUT2D eigenvalue weighted by molar-refractivity contribution is -0.126. The Hall–Kier alpha value is -2.20. The molecule has 0 aliphatic heterocycles. The van der Waals surface area contributed by atoms with Crippen molar-refractivity contribution >= 4 is 5.91 Å². The largest absolute Gasteiger partial charge is 0.352 e. The molecule has 2 aromatic rings. The minimum absolute atomic E-state index is 0.0162. The van der Waals surface area contributed by atoms with Crippen LogP contribution in [0.25, 0.3) is 0 Å². The summed E-state index contributed by atoms with van der Waals surface area (Å²) in [5.41, 5.74) is 1.51. The smallest absolute Gasteiger partial charge is 0.242 e. The van der Waals surface area contributed by atoms with Crippen molar-refractivity contribution in [3.05, 3.63) is 71.5 Å². The third-order valence-corrected chi connectivity index (χ3v) is 4.11. The normalized spacial score (nSPS) is 15.4. The molecular weight excluding hydrogens is 291 g/mol. The first-order valence-corrected chi connectivity index (χ1v) is 7.94. The van der Waals surface area contributed by atoms with Crippen LogP contribution in [0.1, 0.15) is 30.0 Å². The maximum absolute atomic E-state index is 13.9. The Morgan fingerprint density at radius 1 is 1.17 bits per heavy atom. The van der Waals surface area contributed by atoms with E-state index in [0.717, 1.165) is 18.4 Å². The van der Waals surface area contributed by atoms with Crippen LogP contribution in [0.3, 0.4) is 0 Å². The zero-order valence-electron chi connectivity index (χ0n) is 13.2. The number of hydrogen-bond acceptors (Lipinski definition) is 2. The van der Waals surface area contributed by atoms with Crippen LogP contribution in [0.5, 0.6) is 0 Å². The van der Waals surface area contributed by atoms with E-state index in [1.54, 1.807) is 12.1 Å². The molecule has 3 nitrogen and oxygen atoms in total. The lowest BCUT2D eigenvalue weighted by Gasteiger charge is -2.28. The molecule has 0 heterocycles. The van der Waals surface area contributed by atoms with Crippen molar-refractivity contribution in [1.82, 2.24) is 10.2 Å². The van der Waals surface area contributed by atoms with Crippen LogP contribution in [0.15, 0.2) is 54.6 Å². The average molecular weight is 312 g/mol. The van der Waals surface area contributed by atoms with Crippen molar-refractivity contribution in [3.8, 4) is 0 Å². The van der Waals surface area contributed by atoms with Gasteiger partial charge in [0.2, 0.25) is 5.91 Å². The van der Waals surface area contributed by atoms with Crippen molar-refractivity contribution in [2.45, 2.75) is 31.5 Å². The van der Waals surface area contributed by atoms with Crippen LogP contribution in [0.4, 0.5) is 4.39 Å². The summed E-state index contributed by atoms with van der Waals surface area (Å²) in [6, 6.07) is 16.2. The summed E-state index contributed by atoms with van der Waals surface area (Å²) < 4.78 is 13.9. The number of rotatable bonds is 6. The molecule has 0 spiro atoms. The molecule has 0 saturated heterocycles. The van der Waals surface area contributed by atoms with Crippen LogP contribution in [0.2, 0.25) is 0 Å². The van der Waals surface area contributed by atoms with E-state index in [9.17, 15) is 9.18 Å². The highest BCUT2D eigenvalue weighted by Gasteiger charge is 2.30. The minimum Gasteiger partial charge on any atom is -0.352 e. The second-order valence-electron chi connectivity index (χ2n) is 6.10. The molecule has 4 heteroatoms. The van der Waals surface area contributed by atoms with E-state index < -0.39 is 6.04 Å². The summed E-state index contributed by atoms with van der Waals surface area (Å²) in [7, 11) is 1.86. The Morgan fingerprint density at radius 2 is 1.83 bits per heavy atom. The lowest BCUT2D eigenvalue weighted by Crippen LogP contribution is -2.39. The highest BCUT2D eigenvalue weighted by atomic mass is 19.1. The van der Waals surface area contributed by atoms with Gasteiger partial charge in [-0.3, -0.25) is 9.69 Å². The van der Waals surface area contributed by atoms with E-state index in [-0.39, 0.29) is 11.7 Å². The minimum atomic E-state index is -0.420. The predicted molar refractivity (Wildman–Crippen MR) is 88.2 cm³/mol. The molecule has 1 saturated carbocycles. The second kappa shape index (κ2) is 6.92. The Bertz CT molecular complexity index is 670. The van der Waals surface area contributed by atoms with E-state index in [1.807, 2.05) is 48.3 Å². The Balaban J connectivity index is 1.81. The molecule has 2 aromatic carbocycles. The Labute approximate surface area is 136 Å². The van der Waals surface area contributed by atoms with E-state index in [2.05, 4.69) is 5.32 Å². The Morgan fingerprint density at radius 3 is 2.48 bits per heavy atom. The van der Waals surface area contributed by atoms with Gasteiger partial charge >= 0.3 is 0 Å². The lowest BCUT2D eigenvalue weighted by atomic mass is 10.0. The number of carbonyl (C=O) groups is 1. The van der Waals surface area contributed by atoms with Crippen molar-refractivity contribution in [2.75, 3.05) is 7.05 Å². The summed E-state index contributed by atoms with van der Waals surface area (Å²) in [5, 5.41) is 3.06. The zero-order chi connectivity index (χ0) is 16.2. The molecule has 1 fully saturated rings. The highest BCUT2D eigenvalue weighted by molar-refractivity contribution is 5.83. The molecule has 1 aliphatic rings. The van der Waals surface area contributed by atoms with Crippen molar-refractivity contribution in [1.29, 1.82) is 0 Å². The van der Waals surface area contributed by atoms with Gasteiger partial charge in [0.1, 0.15) is 11.9 Å². The van der Waals surface area contributed by atoms with E-state index in [1.165, 1.54) is 6.07 Å². The molecule has 0 aromatic heterocycles. The first kappa shape index (κ1) is 15.7. The second-order valence-corrected chi connectivity index (χ2v) is 6.10. The molecule has 1 unspecified atom stereocenters. The van der Waals surface area contributed by atoms with Gasteiger partial charge < -0.3 is 5.32 Å². The van der Waals surface area contributed by atoms with Gasteiger partial charge in [-0.2, -0.15) is 0 Å². The number of hydrogen-bond donors (Lipinski definition) is 1. The predicted octanol–water partition coefficient (Wildman–Crippen LogP) is 3.28. The zero-order valence-corrected chi connectivity index (χ0v) is 13.2. The van der Waals surface area contributed by atoms with Crippen LogP contribution in [-0.2, 0) is 11.3 Å². The summed E-state index contributed by atoms with van der Waals surface area (Å²) >= 11 is 0. The van der Waals surface area contributed by atoms with Gasteiger partial charge in [0.15, 0.2) is 0 Å². The summed E-state index contributed by atoms with van der Waals surface area (Å²) in [6.45, 7) is 0.379. The van der Waals surface area contributed by atoms with Gasteiger partial charge in [-0.1, -0.05) is 48.5 Å². The van der Waals surface area contributed by atoms with Gasteiger partial charge in [-0.05, 0) is 31.5 Å². The van der Waals surface area contributed by atoms with Crippen molar-refractivity contribution in [2.24, 2.45) is 0 Å². The van der Waals surface area contributed by atoms with Gasteiger partial charge in [-0.15, -0.1) is 0 Å². The molecular formula is C19H21FN2O. The van der Waals surface area contributed by atoms with Crippen LogP contribution >= 0.6 is 0 Å². The molecule has 1 N–H and O–H groups in total. The SMILES string of the molecule is CN(Cc1ccccc1F)C(C(=O)NC1CC1)c1ccccc1. The molecule has 120 valence electrons. The van der Waals surface area contributed by atoms with Crippen LogP contribution in [0, 0.1) is 5.82 Å². The third kappa shape index (κ3) is 3.96. The quantitative estimate of drug-likeness (QED) is 0.888. The Kier molecular flexibility index (Phi) is 4.72. The van der Waals surface area contributed by atoms with Gasteiger partial charge in [0.05, 0.1) is 0 Å². The first-order valence-electron chi connectivity index (χ1n) is 7.94. The fourth-order valence-corrected chi connectivity index (χ4v) is 2.74. The molecule has 0 bridgehead atoms. The van der Waals surface area contributed by atoms with Crippen LogP contribution in [-0.4, -0.2) is 23.9 Å². The number of nitrogens with zero attached hydrogens (tertiary/aromatic N) is 1. The summed E-state index contributed by atoms with van der Waals surface area (Å²) in [6.07, 6.45) is 2.09. The van der Waals surface area contributed by atoms with Gasteiger partial charge in [-0.25, -0.2) is 4.39 Å². The van der Waals surface area contributed by atoms with E-state index in [0.29, 0.717) is 18.2 Å². The number of halogens is 1. The monoisotopic (exact) mass is 312 g/mol. The van der Waals surface area contributed by atoms with E-state index in [4.69, 9.17) is 0 Å². The average Bonchev–Trinajstić information content (AvgIpc) is 3.35. The number of nitrogens with one attached hydrogen (secondary N) is 1. The fourth-order valence-electron chi connectivity index (χ4n) is 2.74. The number of carbonyl (C=O) groups excluding carboxylic acids is 1. The first-order chi connectivity index (χ1) is 11.1. The maximum Gasteiger partial charge on any atom is 0.242 e. The summed E-state index contributed by atoms with van der Waals surface area (Å²) in [5.74, 6) is -0.258. The summed E-state index contributed by atoms with van der Waals surface area (Å²) in [4.78, 5) is 14.6. The third-order valence-electron chi connectivity index (χ3n) is 4.11.